The lowest BCUT2D eigenvalue weighted by Gasteiger charge is -2.20. The third kappa shape index (κ3) is 3.98. The Bertz CT molecular complexity index is 336. The lowest BCUT2D eigenvalue weighted by atomic mass is 10.2. The number of hydrogen-bond acceptors (Lipinski definition) is 3. The highest BCUT2D eigenvalue weighted by molar-refractivity contribution is 7.09. The van der Waals surface area contributed by atoms with Crippen LogP contribution in [-0.2, 0) is 11.2 Å². The van der Waals surface area contributed by atoms with Crippen molar-refractivity contribution in [2.45, 2.75) is 25.3 Å². The molecule has 0 bridgehead atoms. The topological polar surface area (TPSA) is 32.3 Å². The first-order valence-corrected chi connectivity index (χ1v) is 6.66. The Morgan fingerprint density at radius 1 is 1.65 bits per heavy atom. The van der Waals surface area contributed by atoms with Crippen LogP contribution in [0.2, 0.25) is 0 Å². The summed E-state index contributed by atoms with van der Waals surface area (Å²) in [6.45, 7) is 1.80. The van der Waals surface area contributed by atoms with Gasteiger partial charge in [0, 0.05) is 18.5 Å². The van der Waals surface area contributed by atoms with E-state index in [9.17, 15) is 4.79 Å². The van der Waals surface area contributed by atoms with Gasteiger partial charge >= 0.3 is 0 Å². The van der Waals surface area contributed by atoms with Crippen molar-refractivity contribution in [3.05, 3.63) is 22.4 Å². The molecule has 1 aromatic rings. The summed E-state index contributed by atoms with van der Waals surface area (Å²) in [5.41, 5.74) is 0. The Morgan fingerprint density at radius 3 is 3.06 bits per heavy atom. The SMILES string of the molecule is CN(CCc1cccs1)C(=O)C1CCCN1.Cl. The van der Waals surface area contributed by atoms with Crippen molar-refractivity contribution in [1.29, 1.82) is 0 Å². The van der Waals surface area contributed by atoms with Crippen LogP contribution >= 0.6 is 23.7 Å². The molecule has 0 aliphatic carbocycles. The minimum Gasteiger partial charge on any atom is -0.344 e. The second kappa shape index (κ2) is 6.99. The molecule has 0 radical (unpaired) electrons. The van der Waals surface area contributed by atoms with Crippen molar-refractivity contribution in [2.24, 2.45) is 0 Å². The smallest absolute Gasteiger partial charge is 0.239 e. The van der Waals surface area contributed by atoms with E-state index in [0.717, 1.165) is 32.4 Å². The number of likely N-dealkylation sites (N-methyl/N-ethyl adjacent to an activating group) is 1. The molecular formula is C12H19ClN2OS. The molecule has 1 fully saturated rings. The molecule has 0 saturated carbocycles. The summed E-state index contributed by atoms with van der Waals surface area (Å²) in [4.78, 5) is 15.2. The lowest BCUT2D eigenvalue weighted by Crippen LogP contribution is -2.42. The number of carbonyl (C=O) groups excluding carboxylic acids is 1. The van der Waals surface area contributed by atoms with Crippen molar-refractivity contribution >= 4 is 29.7 Å². The Labute approximate surface area is 113 Å². The number of amides is 1. The molecule has 1 N–H and O–H groups in total. The molecule has 1 amide bonds. The van der Waals surface area contributed by atoms with Gasteiger partial charge in [-0.3, -0.25) is 4.79 Å². The standard InChI is InChI=1S/C12H18N2OS.ClH/c1-14(8-6-10-4-3-9-16-10)12(15)11-5-2-7-13-11;/h3-4,9,11,13H,2,5-8H2,1H3;1H. The van der Waals surface area contributed by atoms with Crippen LogP contribution in [0.25, 0.3) is 0 Å². The molecule has 1 atom stereocenters. The number of carbonyl (C=O) groups is 1. The van der Waals surface area contributed by atoms with Crippen molar-refractivity contribution in [3.63, 3.8) is 0 Å². The van der Waals surface area contributed by atoms with E-state index in [0.29, 0.717) is 0 Å². The second-order valence-electron chi connectivity index (χ2n) is 4.24. The van der Waals surface area contributed by atoms with Crippen molar-refractivity contribution < 1.29 is 4.79 Å². The second-order valence-corrected chi connectivity index (χ2v) is 5.27. The molecule has 3 nitrogen and oxygen atoms in total. The van der Waals surface area contributed by atoms with Crippen molar-refractivity contribution in [2.75, 3.05) is 20.1 Å². The van der Waals surface area contributed by atoms with Crippen LogP contribution in [0.15, 0.2) is 17.5 Å². The van der Waals surface area contributed by atoms with Gasteiger partial charge in [-0.05, 0) is 37.3 Å². The molecule has 1 aliphatic heterocycles. The highest BCUT2D eigenvalue weighted by atomic mass is 35.5. The fourth-order valence-electron chi connectivity index (χ4n) is 2.00. The van der Waals surface area contributed by atoms with Crippen LogP contribution in [0, 0.1) is 0 Å². The van der Waals surface area contributed by atoms with Gasteiger partial charge in [-0.1, -0.05) is 6.07 Å². The zero-order valence-corrected chi connectivity index (χ0v) is 11.6. The van der Waals surface area contributed by atoms with E-state index in [1.807, 2.05) is 11.9 Å². The molecular weight excluding hydrogens is 256 g/mol. The fourth-order valence-corrected chi connectivity index (χ4v) is 2.70. The molecule has 2 rings (SSSR count). The number of halogens is 1. The minimum absolute atomic E-state index is 0. The summed E-state index contributed by atoms with van der Waals surface area (Å²) in [5, 5.41) is 5.32. The Hall–Kier alpha value is -0.580. The van der Waals surface area contributed by atoms with Crippen LogP contribution in [0.1, 0.15) is 17.7 Å². The van der Waals surface area contributed by atoms with Gasteiger partial charge in [0.05, 0.1) is 6.04 Å². The first kappa shape index (κ1) is 14.5. The van der Waals surface area contributed by atoms with Crippen LogP contribution < -0.4 is 5.32 Å². The molecule has 1 saturated heterocycles. The van der Waals surface area contributed by atoms with Gasteiger partial charge in [-0.2, -0.15) is 0 Å². The molecule has 96 valence electrons. The first-order chi connectivity index (χ1) is 7.77. The molecule has 17 heavy (non-hydrogen) atoms. The predicted octanol–water partition coefficient (Wildman–Crippen LogP) is 1.92. The largest absolute Gasteiger partial charge is 0.344 e. The van der Waals surface area contributed by atoms with Crippen LogP contribution in [0.4, 0.5) is 0 Å². The average Bonchev–Trinajstić information content (AvgIpc) is 2.96. The van der Waals surface area contributed by atoms with E-state index < -0.39 is 0 Å². The third-order valence-corrected chi connectivity index (χ3v) is 3.94. The third-order valence-electron chi connectivity index (χ3n) is 3.01. The summed E-state index contributed by atoms with van der Waals surface area (Å²) < 4.78 is 0. The number of thiophene rings is 1. The maximum Gasteiger partial charge on any atom is 0.239 e. The average molecular weight is 275 g/mol. The number of rotatable bonds is 4. The van der Waals surface area contributed by atoms with E-state index in [1.54, 1.807) is 11.3 Å². The van der Waals surface area contributed by atoms with Crippen molar-refractivity contribution in [1.82, 2.24) is 10.2 Å². The summed E-state index contributed by atoms with van der Waals surface area (Å²) in [6, 6.07) is 4.24. The van der Waals surface area contributed by atoms with E-state index in [2.05, 4.69) is 22.8 Å². The molecule has 1 aliphatic rings. The molecule has 5 heteroatoms. The Kier molecular flexibility index (Phi) is 5.95. The van der Waals surface area contributed by atoms with Gasteiger partial charge < -0.3 is 10.2 Å². The molecule has 0 aromatic carbocycles. The van der Waals surface area contributed by atoms with E-state index in [-0.39, 0.29) is 24.4 Å². The van der Waals surface area contributed by atoms with E-state index in [1.165, 1.54) is 4.88 Å². The Balaban J connectivity index is 0.00000144. The lowest BCUT2D eigenvalue weighted by molar-refractivity contribution is -0.131. The maximum absolute atomic E-state index is 12.0. The molecule has 2 heterocycles. The van der Waals surface area contributed by atoms with Crippen LogP contribution in [0.3, 0.4) is 0 Å². The van der Waals surface area contributed by atoms with Gasteiger partial charge in [-0.15, -0.1) is 23.7 Å². The first-order valence-electron chi connectivity index (χ1n) is 5.78. The van der Waals surface area contributed by atoms with E-state index in [4.69, 9.17) is 0 Å². The van der Waals surface area contributed by atoms with Gasteiger partial charge in [-0.25, -0.2) is 0 Å². The zero-order valence-electron chi connectivity index (χ0n) is 10.0. The number of nitrogens with zero attached hydrogens (tertiary/aromatic N) is 1. The van der Waals surface area contributed by atoms with Gasteiger partial charge in [0.15, 0.2) is 0 Å². The summed E-state index contributed by atoms with van der Waals surface area (Å²) >= 11 is 1.76. The summed E-state index contributed by atoms with van der Waals surface area (Å²) in [7, 11) is 1.90. The number of nitrogens with one attached hydrogen (secondary N) is 1. The normalized spacial score (nSPS) is 18.8. The van der Waals surface area contributed by atoms with E-state index >= 15 is 0 Å². The molecule has 0 spiro atoms. The highest BCUT2D eigenvalue weighted by Gasteiger charge is 2.24. The highest BCUT2D eigenvalue weighted by Crippen LogP contribution is 2.11. The number of hydrogen-bond donors (Lipinski definition) is 1. The van der Waals surface area contributed by atoms with Crippen LogP contribution in [-0.4, -0.2) is 37.0 Å². The summed E-state index contributed by atoms with van der Waals surface area (Å²) in [6.07, 6.45) is 3.07. The van der Waals surface area contributed by atoms with Gasteiger partial charge in [0.2, 0.25) is 5.91 Å². The fraction of sp³-hybridized carbons (Fsp3) is 0.583. The quantitative estimate of drug-likeness (QED) is 0.910. The molecule has 1 unspecified atom stereocenters. The maximum atomic E-state index is 12.0. The minimum atomic E-state index is 0. The Morgan fingerprint density at radius 2 is 2.47 bits per heavy atom. The van der Waals surface area contributed by atoms with Crippen molar-refractivity contribution in [3.8, 4) is 0 Å². The zero-order chi connectivity index (χ0) is 11.4. The molecule has 1 aromatic heterocycles. The monoisotopic (exact) mass is 274 g/mol. The van der Waals surface area contributed by atoms with Crippen LogP contribution in [0.5, 0.6) is 0 Å². The van der Waals surface area contributed by atoms with Gasteiger partial charge in [0.25, 0.3) is 0 Å². The predicted molar refractivity (Wildman–Crippen MR) is 73.9 cm³/mol. The van der Waals surface area contributed by atoms with Gasteiger partial charge in [0.1, 0.15) is 0 Å². The summed E-state index contributed by atoms with van der Waals surface area (Å²) in [5.74, 6) is 0.244.